The molecule has 1 aliphatic rings. The van der Waals surface area contributed by atoms with E-state index in [4.69, 9.17) is 31.7 Å². The molecule has 17 nitrogen and oxygen atoms in total. The molecule has 352 valence electrons. The van der Waals surface area contributed by atoms with E-state index in [1.807, 2.05) is 19.1 Å². The molecule has 1 aromatic heterocycles. The number of benzene rings is 3. The lowest BCUT2D eigenvalue weighted by atomic mass is 9.93. The van der Waals surface area contributed by atoms with Crippen molar-refractivity contribution < 1.29 is 33.4 Å². The van der Waals surface area contributed by atoms with E-state index in [1.54, 1.807) is 43.3 Å². The molecule has 4 aromatic rings. The molecule has 0 saturated heterocycles. The number of ether oxygens (including phenoxy) is 2. The summed E-state index contributed by atoms with van der Waals surface area (Å²) in [5.41, 5.74) is 23.2. The van der Waals surface area contributed by atoms with Gasteiger partial charge in [-0.3, -0.25) is 29.0 Å². The highest BCUT2D eigenvalue weighted by Gasteiger charge is 2.36. The van der Waals surface area contributed by atoms with Crippen LogP contribution in [0.3, 0.4) is 0 Å². The SMILES string of the molecule is CCCCCCc1ccc2nc(C)c(C(=O)NC(CCN)C(=O)N(C)[C@@H]3C(=O)N[C@@H](C)C(=O)N[C@H](C(=O)NCC#N)Cc4ccc(OCCN)c(c4)-c4cc3ccc4OCCN)c(C)c2c1. The minimum absolute atomic E-state index is 0.00904. The van der Waals surface area contributed by atoms with Gasteiger partial charge in [-0.25, -0.2) is 0 Å². The number of carbonyl (C=O) groups excluding carboxylic acids is 5. The summed E-state index contributed by atoms with van der Waals surface area (Å²) in [6.45, 7) is 7.68. The van der Waals surface area contributed by atoms with Gasteiger partial charge in [-0.15, -0.1) is 0 Å². The standard InChI is InChI=1S/C49H64N10O7/c1-6-7-8-9-10-32-11-14-38-35(25-32)29(2)43(30(3)55-38)47(62)57-39(17-18-50)49(64)59(5)44-34-13-16-42(66-24-21-53)37(28-34)36-26-33(12-15-41(36)65-23-20-52)27-40(46(61)54-22-19-51)58-45(60)31(4)56-48(44)63/h11-16,25-26,28,31,39-40,44H,6-10,17-18,20-24,27,50,52-53H2,1-5H3,(H,54,61)(H,56,63)(H,57,62)(H,58,60)/t31-,39?,40-,44-/m0/s1. The Morgan fingerprint density at radius 1 is 0.909 bits per heavy atom. The third-order valence-electron chi connectivity index (χ3n) is 11.6. The molecular weight excluding hydrogens is 841 g/mol. The van der Waals surface area contributed by atoms with E-state index in [0.29, 0.717) is 45.0 Å². The summed E-state index contributed by atoms with van der Waals surface area (Å²) >= 11 is 0. The third kappa shape index (κ3) is 12.4. The van der Waals surface area contributed by atoms with Crippen molar-refractivity contribution in [1.29, 1.82) is 5.26 Å². The summed E-state index contributed by atoms with van der Waals surface area (Å²) in [5, 5.41) is 20.9. The molecule has 0 spiro atoms. The number of nitrogens with two attached hydrogens (primary N) is 3. The van der Waals surface area contributed by atoms with Crippen LogP contribution in [0.15, 0.2) is 54.6 Å². The van der Waals surface area contributed by atoms with Gasteiger partial charge in [-0.2, -0.15) is 5.26 Å². The molecule has 66 heavy (non-hydrogen) atoms. The summed E-state index contributed by atoms with van der Waals surface area (Å²) in [4.78, 5) is 76.9. The van der Waals surface area contributed by atoms with Gasteiger partial charge in [-0.1, -0.05) is 44.4 Å². The van der Waals surface area contributed by atoms with Gasteiger partial charge in [0.15, 0.2) is 0 Å². The van der Waals surface area contributed by atoms with Gasteiger partial charge in [0.05, 0.1) is 22.8 Å². The number of hydrogen-bond donors (Lipinski definition) is 7. The summed E-state index contributed by atoms with van der Waals surface area (Å²) in [7, 11) is 1.44. The molecule has 10 N–H and O–H groups in total. The van der Waals surface area contributed by atoms with Crippen molar-refractivity contribution in [2.24, 2.45) is 17.2 Å². The van der Waals surface area contributed by atoms with Gasteiger partial charge in [0.1, 0.15) is 55.4 Å². The quantitative estimate of drug-likeness (QED) is 0.0529. The lowest BCUT2D eigenvalue weighted by Crippen LogP contribution is -2.56. The van der Waals surface area contributed by atoms with Gasteiger partial charge in [0.2, 0.25) is 23.6 Å². The molecule has 5 amide bonds. The first-order valence-electron chi connectivity index (χ1n) is 22.6. The van der Waals surface area contributed by atoms with Crippen molar-refractivity contribution in [1.82, 2.24) is 31.2 Å². The molecular formula is C49H64N10O7. The molecule has 3 aromatic carbocycles. The van der Waals surface area contributed by atoms with Crippen LogP contribution < -0.4 is 47.9 Å². The zero-order valence-corrected chi connectivity index (χ0v) is 38.6. The van der Waals surface area contributed by atoms with E-state index in [1.165, 1.54) is 25.3 Å². The van der Waals surface area contributed by atoms with Crippen LogP contribution in [0.5, 0.6) is 11.5 Å². The highest BCUT2D eigenvalue weighted by atomic mass is 16.5. The van der Waals surface area contributed by atoms with Gasteiger partial charge in [0.25, 0.3) is 5.91 Å². The van der Waals surface area contributed by atoms with Gasteiger partial charge >= 0.3 is 0 Å². The number of carbonyl (C=O) groups is 5. The lowest BCUT2D eigenvalue weighted by Gasteiger charge is -2.32. The van der Waals surface area contributed by atoms with Crippen molar-refractivity contribution >= 4 is 40.4 Å². The number of unbranched alkanes of at least 4 members (excludes halogenated alkanes) is 3. The van der Waals surface area contributed by atoms with Gasteiger partial charge in [0, 0.05) is 43.1 Å². The number of nitrogens with one attached hydrogen (secondary N) is 4. The number of likely N-dealkylation sites (N-methyl/N-ethyl adjacent to an activating group) is 1. The molecule has 0 fully saturated rings. The fraction of sp³-hybridized carbons (Fsp3) is 0.449. The molecule has 17 heteroatoms. The highest BCUT2D eigenvalue weighted by Crippen LogP contribution is 2.40. The number of rotatable bonds is 19. The molecule has 0 radical (unpaired) electrons. The van der Waals surface area contributed by atoms with E-state index in [9.17, 15) is 29.2 Å². The van der Waals surface area contributed by atoms with Crippen LogP contribution in [0.25, 0.3) is 22.0 Å². The van der Waals surface area contributed by atoms with E-state index in [-0.39, 0.29) is 52.2 Å². The van der Waals surface area contributed by atoms with Crippen molar-refractivity contribution in [2.45, 2.75) is 96.8 Å². The summed E-state index contributed by atoms with van der Waals surface area (Å²) in [5.74, 6) is -2.39. The van der Waals surface area contributed by atoms with E-state index in [2.05, 4.69) is 40.3 Å². The van der Waals surface area contributed by atoms with Gasteiger partial charge in [-0.05, 0) is 105 Å². The van der Waals surface area contributed by atoms with Crippen molar-refractivity contribution in [3.63, 3.8) is 0 Å². The van der Waals surface area contributed by atoms with Crippen LogP contribution in [0.1, 0.15) is 90.3 Å². The number of fused-ring (bicyclic) bond motifs is 6. The Balaban J connectivity index is 1.58. The second-order valence-electron chi connectivity index (χ2n) is 16.5. The van der Waals surface area contributed by atoms with Crippen molar-refractivity contribution in [3.05, 3.63) is 88.1 Å². The zero-order valence-electron chi connectivity index (χ0n) is 38.6. The maximum absolute atomic E-state index is 14.8. The van der Waals surface area contributed by atoms with Crippen LogP contribution in [0.2, 0.25) is 0 Å². The largest absolute Gasteiger partial charge is 0.492 e. The minimum Gasteiger partial charge on any atom is -0.492 e. The monoisotopic (exact) mass is 904 g/mol. The summed E-state index contributed by atoms with van der Waals surface area (Å²) in [6, 6.07) is 13.3. The topological polar surface area (TPSA) is 270 Å². The minimum atomic E-state index is -1.39. The Morgan fingerprint density at radius 2 is 1.61 bits per heavy atom. The van der Waals surface area contributed by atoms with E-state index < -0.39 is 53.7 Å². The van der Waals surface area contributed by atoms with Crippen LogP contribution in [-0.2, 0) is 32.0 Å². The Morgan fingerprint density at radius 3 is 2.27 bits per heavy atom. The first kappa shape index (κ1) is 50.4. The number of aryl methyl sites for hydroxylation is 3. The van der Waals surface area contributed by atoms with Crippen LogP contribution in [0, 0.1) is 25.2 Å². The molecule has 4 bridgehead atoms. The Bertz CT molecular complexity index is 2440. The first-order valence-corrected chi connectivity index (χ1v) is 22.6. The molecule has 1 unspecified atom stereocenters. The average Bonchev–Trinajstić information content (AvgIpc) is 3.30. The number of nitriles is 1. The van der Waals surface area contributed by atoms with Gasteiger partial charge < -0.3 is 52.8 Å². The van der Waals surface area contributed by atoms with E-state index in [0.717, 1.165) is 47.7 Å². The Hall–Kier alpha value is -6.61. The third-order valence-corrected chi connectivity index (χ3v) is 11.6. The number of nitrogens with zero attached hydrogens (tertiary/aromatic N) is 3. The first-order chi connectivity index (χ1) is 31.8. The maximum Gasteiger partial charge on any atom is 0.254 e. The molecule has 4 atom stereocenters. The fourth-order valence-corrected chi connectivity index (χ4v) is 8.23. The van der Waals surface area contributed by atoms with Crippen LogP contribution in [-0.4, -0.2) is 104 Å². The van der Waals surface area contributed by atoms with Crippen LogP contribution in [0.4, 0.5) is 0 Å². The normalized spacial score (nSPS) is 16.5. The fourth-order valence-electron chi connectivity index (χ4n) is 8.23. The van der Waals surface area contributed by atoms with Crippen molar-refractivity contribution in [2.75, 3.05) is 46.4 Å². The van der Waals surface area contributed by atoms with Crippen LogP contribution >= 0.6 is 0 Å². The summed E-state index contributed by atoms with van der Waals surface area (Å²) in [6.07, 6.45) is 5.45. The molecule has 0 saturated carbocycles. The molecule has 5 rings (SSSR count). The highest BCUT2D eigenvalue weighted by molar-refractivity contribution is 6.04. The zero-order chi connectivity index (χ0) is 47.9. The Labute approximate surface area is 386 Å². The number of pyridine rings is 1. The lowest BCUT2D eigenvalue weighted by molar-refractivity contribution is -0.141. The molecule has 0 aliphatic carbocycles. The second-order valence-corrected chi connectivity index (χ2v) is 16.5. The molecule has 2 heterocycles. The number of amides is 5. The molecule has 1 aliphatic heterocycles. The maximum atomic E-state index is 14.8. The van der Waals surface area contributed by atoms with Crippen molar-refractivity contribution in [3.8, 4) is 28.7 Å². The predicted octanol–water partition coefficient (Wildman–Crippen LogP) is 3.15. The number of hydrogen-bond acceptors (Lipinski definition) is 12. The number of aromatic nitrogens is 1. The Kier molecular flexibility index (Phi) is 18.4. The van der Waals surface area contributed by atoms with E-state index >= 15 is 0 Å². The smallest absolute Gasteiger partial charge is 0.254 e. The predicted molar refractivity (Wildman–Crippen MR) is 252 cm³/mol. The summed E-state index contributed by atoms with van der Waals surface area (Å²) < 4.78 is 12.2. The second kappa shape index (κ2) is 24.1. The average molecular weight is 905 g/mol.